The van der Waals surface area contributed by atoms with Gasteiger partial charge in [-0.25, -0.2) is 9.78 Å². The fraction of sp³-hybridized carbons (Fsp3) is 0.300. The van der Waals surface area contributed by atoms with Crippen LogP contribution < -0.4 is 0 Å². The summed E-state index contributed by atoms with van der Waals surface area (Å²) in [6.07, 6.45) is 0. The van der Waals surface area contributed by atoms with Crippen molar-refractivity contribution in [3.05, 3.63) is 52.3 Å². The number of esters is 1. The van der Waals surface area contributed by atoms with E-state index < -0.39 is 5.97 Å². The summed E-state index contributed by atoms with van der Waals surface area (Å²) < 4.78 is 6.95. The standard InChI is InChI=1S/C20H22N2O2/c1-11-9-12(2)17(13(3)10-11)18-14(4)22(5)16-8-7-15(20(23)24-6)21-19(16)18/h7-10H,1-6H3. The molecule has 124 valence electrons. The van der Waals surface area contributed by atoms with Gasteiger partial charge in [0.25, 0.3) is 0 Å². The number of benzene rings is 1. The lowest BCUT2D eigenvalue weighted by Gasteiger charge is -2.12. The van der Waals surface area contributed by atoms with Crippen LogP contribution in [0.5, 0.6) is 0 Å². The van der Waals surface area contributed by atoms with Crippen LogP contribution in [0.1, 0.15) is 32.9 Å². The molecule has 0 unspecified atom stereocenters. The fourth-order valence-electron chi connectivity index (χ4n) is 3.52. The zero-order valence-corrected chi connectivity index (χ0v) is 15.0. The molecule has 0 saturated carbocycles. The fourth-order valence-corrected chi connectivity index (χ4v) is 3.52. The monoisotopic (exact) mass is 322 g/mol. The Labute approximate surface area is 142 Å². The van der Waals surface area contributed by atoms with Crippen LogP contribution in [-0.4, -0.2) is 22.6 Å². The lowest BCUT2D eigenvalue weighted by molar-refractivity contribution is 0.0594. The van der Waals surface area contributed by atoms with Crippen LogP contribution in [0.2, 0.25) is 0 Å². The molecular formula is C20H22N2O2. The average molecular weight is 322 g/mol. The second-order valence-corrected chi connectivity index (χ2v) is 6.35. The Morgan fingerprint density at radius 3 is 2.25 bits per heavy atom. The van der Waals surface area contributed by atoms with E-state index in [0.29, 0.717) is 5.69 Å². The molecule has 0 fully saturated rings. The van der Waals surface area contributed by atoms with E-state index >= 15 is 0 Å². The molecule has 2 heterocycles. The molecule has 0 radical (unpaired) electrons. The van der Waals surface area contributed by atoms with Gasteiger partial charge in [-0.15, -0.1) is 0 Å². The van der Waals surface area contributed by atoms with E-state index in [4.69, 9.17) is 4.74 Å². The Morgan fingerprint density at radius 2 is 1.67 bits per heavy atom. The first-order valence-electron chi connectivity index (χ1n) is 7.97. The van der Waals surface area contributed by atoms with Crippen LogP contribution in [0.15, 0.2) is 24.3 Å². The van der Waals surface area contributed by atoms with Gasteiger partial charge in [0.05, 0.1) is 18.1 Å². The van der Waals surface area contributed by atoms with Gasteiger partial charge in [-0.1, -0.05) is 17.7 Å². The molecule has 4 heteroatoms. The number of pyridine rings is 1. The van der Waals surface area contributed by atoms with Crippen molar-refractivity contribution in [1.82, 2.24) is 9.55 Å². The Balaban J connectivity index is 2.40. The number of rotatable bonds is 2. The average Bonchev–Trinajstić information content (AvgIpc) is 2.78. The highest BCUT2D eigenvalue weighted by Crippen LogP contribution is 2.37. The van der Waals surface area contributed by atoms with Crippen molar-refractivity contribution in [3.8, 4) is 11.1 Å². The summed E-state index contributed by atoms with van der Waals surface area (Å²) in [4.78, 5) is 16.5. The van der Waals surface area contributed by atoms with E-state index in [0.717, 1.165) is 22.3 Å². The Hall–Kier alpha value is -2.62. The number of methoxy groups -OCH3 is 1. The van der Waals surface area contributed by atoms with Crippen LogP contribution in [0.4, 0.5) is 0 Å². The number of fused-ring (bicyclic) bond motifs is 1. The third-order valence-electron chi connectivity index (χ3n) is 4.66. The van der Waals surface area contributed by atoms with Gasteiger partial charge in [0.2, 0.25) is 0 Å². The van der Waals surface area contributed by atoms with Crippen molar-refractivity contribution < 1.29 is 9.53 Å². The third kappa shape index (κ3) is 2.39. The van der Waals surface area contributed by atoms with Gasteiger partial charge in [0.1, 0.15) is 5.69 Å². The minimum atomic E-state index is -0.415. The van der Waals surface area contributed by atoms with Gasteiger partial charge in [-0.2, -0.15) is 0 Å². The zero-order valence-electron chi connectivity index (χ0n) is 15.0. The van der Waals surface area contributed by atoms with Gasteiger partial charge in [0.15, 0.2) is 0 Å². The first-order valence-corrected chi connectivity index (χ1v) is 7.97. The number of nitrogens with zero attached hydrogens (tertiary/aromatic N) is 2. The molecule has 0 N–H and O–H groups in total. The molecule has 0 amide bonds. The third-order valence-corrected chi connectivity index (χ3v) is 4.66. The summed E-state index contributed by atoms with van der Waals surface area (Å²) >= 11 is 0. The molecule has 3 rings (SSSR count). The molecular weight excluding hydrogens is 300 g/mol. The number of hydrogen-bond donors (Lipinski definition) is 0. The highest BCUT2D eigenvalue weighted by molar-refractivity contribution is 5.99. The summed E-state index contributed by atoms with van der Waals surface area (Å²) in [5.74, 6) is -0.415. The molecule has 3 aromatic rings. The van der Waals surface area contributed by atoms with Crippen LogP contribution >= 0.6 is 0 Å². The maximum Gasteiger partial charge on any atom is 0.356 e. The Kier molecular flexibility index (Phi) is 3.91. The molecule has 2 aromatic heterocycles. The van der Waals surface area contributed by atoms with Crippen molar-refractivity contribution in [2.45, 2.75) is 27.7 Å². The predicted octanol–water partition coefficient (Wildman–Crippen LogP) is 4.26. The Bertz CT molecular complexity index is 944. The van der Waals surface area contributed by atoms with E-state index in [2.05, 4.69) is 49.4 Å². The van der Waals surface area contributed by atoms with Crippen LogP contribution in [0.25, 0.3) is 22.2 Å². The van der Waals surface area contributed by atoms with E-state index in [1.807, 2.05) is 13.1 Å². The smallest absolute Gasteiger partial charge is 0.356 e. The van der Waals surface area contributed by atoms with E-state index in [1.54, 1.807) is 6.07 Å². The van der Waals surface area contributed by atoms with Gasteiger partial charge < -0.3 is 9.30 Å². The minimum absolute atomic E-state index is 0.333. The number of carbonyl (C=O) groups excluding carboxylic acids is 1. The first-order chi connectivity index (χ1) is 11.3. The highest BCUT2D eigenvalue weighted by Gasteiger charge is 2.20. The molecule has 1 aromatic carbocycles. The number of aromatic nitrogens is 2. The number of ether oxygens (including phenoxy) is 1. The van der Waals surface area contributed by atoms with Gasteiger partial charge in [-0.05, 0) is 56.5 Å². The maximum atomic E-state index is 11.9. The van der Waals surface area contributed by atoms with Crippen molar-refractivity contribution in [2.24, 2.45) is 7.05 Å². The summed E-state index contributed by atoms with van der Waals surface area (Å²) in [5.41, 5.74) is 9.28. The van der Waals surface area contributed by atoms with Gasteiger partial charge in [-0.3, -0.25) is 0 Å². The largest absolute Gasteiger partial charge is 0.464 e. The summed E-state index contributed by atoms with van der Waals surface area (Å²) in [6, 6.07) is 8.02. The zero-order chi connectivity index (χ0) is 17.6. The molecule has 0 spiro atoms. The molecule has 0 atom stereocenters. The number of carbonyl (C=O) groups is 1. The second-order valence-electron chi connectivity index (χ2n) is 6.35. The lowest BCUT2D eigenvalue weighted by atomic mass is 9.93. The van der Waals surface area contributed by atoms with Gasteiger partial charge >= 0.3 is 5.97 Å². The topological polar surface area (TPSA) is 44.1 Å². The number of aryl methyl sites for hydroxylation is 4. The van der Waals surface area contributed by atoms with E-state index in [-0.39, 0.29) is 0 Å². The van der Waals surface area contributed by atoms with E-state index in [1.165, 1.54) is 29.4 Å². The molecule has 0 aliphatic heterocycles. The second kappa shape index (κ2) is 5.78. The molecule has 0 bridgehead atoms. The predicted molar refractivity (Wildman–Crippen MR) is 96.4 cm³/mol. The minimum Gasteiger partial charge on any atom is -0.464 e. The Morgan fingerprint density at radius 1 is 1.04 bits per heavy atom. The van der Waals surface area contributed by atoms with Crippen LogP contribution in [0, 0.1) is 27.7 Å². The van der Waals surface area contributed by atoms with Crippen molar-refractivity contribution >= 4 is 17.0 Å². The van der Waals surface area contributed by atoms with Crippen LogP contribution in [0.3, 0.4) is 0 Å². The molecule has 0 saturated heterocycles. The molecule has 0 aliphatic rings. The quantitative estimate of drug-likeness (QED) is 0.662. The number of hydrogen-bond acceptors (Lipinski definition) is 3. The van der Waals surface area contributed by atoms with Gasteiger partial charge in [0, 0.05) is 18.3 Å². The summed E-state index contributed by atoms with van der Waals surface area (Å²) in [6.45, 7) is 8.44. The van der Waals surface area contributed by atoms with Crippen molar-refractivity contribution in [3.63, 3.8) is 0 Å². The lowest BCUT2D eigenvalue weighted by Crippen LogP contribution is -2.04. The summed E-state index contributed by atoms with van der Waals surface area (Å²) in [7, 11) is 3.40. The first kappa shape index (κ1) is 16.2. The molecule has 0 aliphatic carbocycles. The SMILES string of the molecule is COC(=O)c1ccc2c(n1)c(-c1c(C)cc(C)cc1C)c(C)n2C. The molecule has 24 heavy (non-hydrogen) atoms. The van der Waals surface area contributed by atoms with Crippen molar-refractivity contribution in [2.75, 3.05) is 7.11 Å². The van der Waals surface area contributed by atoms with E-state index in [9.17, 15) is 4.79 Å². The van der Waals surface area contributed by atoms with Crippen LogP contribution in [-0.2, 0) is 11.8 Å². The molecule has 4 nitrogen and oxygen atoms in total. The normalized spacial score (nSPS) is 11.1. The maximum absolute atomic E-state index is 11.9. The van der Waals surface area contributed by atoms with Crippen molar-refractivity contribution in [1.29, 1.82) is 0 Å². The summed E-state index contributed by atoms with van der Waals surface area (Å²) in [5, 5.41) is 0. The highest BCUT2D eigenvalue weighted by atomic mass is 16.5.